The van der Waals surface area contributed by atoms with Gasteiger partial charge in [-0.15, -0.1) is 11.6 Å². The van der Waals surface area contributed by atoms with Crippen molar-refractivity contribution >= 4 is 29.3 Å². The third kappa shape index (κ3) is 4.32. The van der Waals surface area contributed by atoms with Crippen molar-refractivity contribution in [3.8, 4) is 6.07 Å². The third-order valence-electron chi connectivity index (χ3n) is 2.17. The van der Waals surface area contributed by atoms with Gasteiger partial charge in [0, 0.05) is 10.8 Å². The van der Waals surface area contributed by atoms with E-state index in [1.165, 1.54) is 0 Å². The van der Waals surface area contributed by atoms with Gasteiger partial charge in [0.05, 0.1) is 17.7 Å². The van der Waals surface area contributed by atoms with E-state index in [9.17, 15) is 18.0 Å². The number of halogens is 4. The molecule has 0 aliphatic heterocycles. The van der Waals surface area contributed by atoms with Crippen LogP contribution in [0.1, 0.15) is 28.4 Å². The molecular formula is C12H9ClF3NO2S. The van der Waals surface area contributed by atoms with Gasteiger partial charge in [0.1, 0.15) is 6.07 Å². The Bertz CT molecular complexity index is 555. The summed E-state index contributed by atoms with van der Waals surface area (Å²) >= 11 is 5.27. The number of alkyl halides is 4. The second-order valence-corrected chi connectivity index (χ2v) is 4.92. The van der Waals surface area contributed by atoms with Gasteiger partial charge in [-0.3, -0.25) is 0 Å². The molecule has 0 aliphatic carbocycles. The summed E-state index contributed by atoms with van der Waals surface area (Å²) in [5.74, 6) is -0.974. The van der Waals surface area contributed by atoms with Crippen LogP contribution >= 0.6 is 23.4 Å². The molecule has 0 aromatic heterocycles. The fourth-order valence-electron chi connectivity index (χ4n) is 1.50. The molecule has 0 fully saturated rings. The Balaban J connectivity index is 3.33. The van der Waals surface area contributed by atoms with Crippen LogP contribution in [0.15, 0.2) is 17.0 Å². The molecule has 108 valence electrons. The lowest BCUT2D eigenvalue weighted by Gasteiger charge is -2.12. The largest absolute Gasteiger partial charge is 0.462 e. The zero-order valence-electron chi connectivity index (χ0n) is 10.3. The first-order valence-corrected chi connectivity index (χ1v) is 6.73. The lowest BCUT2D eigenvalue weighted by atomic mass is 10.0. The smallest absolute Gasteiger partial charge is 0.446 e. The van der Waals surface area contributed by atoms with Crippen molar-refractivity contribution in [1.29, 1.82) is 5.26 Å². The molecule has 0 bridgehead atoms. The van der Waals surface area contributed by atoms with Crippen molar-refractivity contribution in [2.75, 3.05) is 6.61 Å². The van der Waals surface area contributed by atoms with Crippen LogP contribution in [0, 0.1) is 11.3 Å². The number of benzene rings is 1. The Labute approximate surface area is 122 Å². The molecule has 1 aromatic rings. The predicted octanol–water partition coefficient (Wildman–Crippen LogP) is 4.09. The molecule has 1 aromatic carbocycles. The van der Waals surface area contributed by atoms with Crippen LogP contribution in [0.4, 0.5) is 13.2 Å². The Hall–Kier alpha value is -1.39. The van der Waals surface area contributed by atoms with E-state index in [-0.39, 0.29) is 45.8 Å². The van der Waals surface area contributed by atoms with E-state index < -0.39 is 11.5 Å². The number of nitrogens with zero attached hydrogens (tertiary/aromatic N) is 1. The topological polar surface area (TPSA) is 50.1 Å². The summed E-state index contributed by atoms with van der Waals surface area (Å²) in [6.45, 7) is 1.67. The van der Waals surface area contributed by atoms with Crippen LogP contribution in [-0.2, 0) is 10.6 Å². The SMILES string of the molecule is CCOC(=O)c1c(C#N)cc(SC(F)(F)F)cc1CCl. The summed E-state index contributed by atoms with van der Waals surface area (Å²) in [6, 6.07) is 3.83. The van der Waals surface area contributed by atoms with E-state index in [0.717, 1.165) is 12.1 Å². The van der Waals surface area contributed by atoms with Crippen LogP contribution in [0.25, 0.3) is 0 Å². The van der Waals surface area contributed by atoms with Gasteiger partial charge < -0.3 is 4.74 Å². The molecule has 0 N–H and O–H groups in total. The average molecular weight is 324 g/mol. The van der Waals surface area contributed by atoms with Gasteiger partial charge in [-0.05, 0) is 36.4 Å². The molecule has 0 unspecified atom stereocenters. The third-order valence-corrected chi connectivity index (χ3v) is 3.16. The normalized spacial score (nSPS) is 11.0. The fourth-order valence-corrected chi connectivity index (χ4v) is 2.36. The predicted molar refractivity (Wildman–Crippen MR) is 68.6 cm³/mol. The van der Waals surface area contributed by atoms with Crippen LogP contribution < -0.4 is 0 Å². The van der Waals surface area contributed by atoms with E-state index in [0.29, 0.717) is 0 Å². The Morgan fingerprint density at radius 3 is 2.60 bits per heavy atom. The van der Waals surface area contributed by atoms with Gasteiger partial charge in [-0.25, -0.2) is 4.79 Å². The highest BCUT2D eigenvalue weighted by Gasteiger charge is 2.30. The number of carbonyl (C=O) groups is 1. The molecule has 0 amide bonds. The summed E-state index contributed by atoms with van der Waals surface area (Å²) in [4.78, 5) is 11.5. The molecule has 0 radical (unpaired) electrons. The van der Waals surface area contributed by atoms with Crippen molar-refractivity contribution < 1.29 is 22.7 Å². The summed E-state index contributed by atoms with van der Waals surface area (Å²) in [5, 5.41) is 8.99. The maximum atomic E-state index is 12.3. The molecular weight excluding hydrogens is 315 g/mol. The number of thioether (sulfide) groups is 1. The average Bonchev–Trinajstić information content (AvgIpc) is 2.35. The number of hydrogen-bond donors (Lipinski definition) is 0. The first-order chi connectivity index (χ1) is 9.32. The standard InChI is InChI=1S/C12H9ClF3NO2S/c1-2-19-11(18)10-7(5-13)3-9(4-8(10)6-17)20-12(14,15)16/h3-4H,2,5H2,1H3. The molecule has 3 nitrogen and oxygen atoms in total. The number of hydrogen-bond acceptors (Lipinski definition) is 4. The maximum absolute atomic E-state index is 12.3. The van der Waals surface area contributed by atoms with E-state index in [2.05, 4.69) is 0 Å². The minimum Gasteiger partial charge on any atom is -0.462 e. The molecule has 0 saturated heterocycles. The van der Waals surface area contributed by atoms with Crippen LogP contribution in [0.5, 0.6) is 0 Å². The number of nitriles is 1. The minimum atomic E-state index is -4.48. The molecule has 0 atom stereocenters. The van der Waals surface area contributed by atoms with Gasteiger partial charge >= 0.3 is 11.5 Å². The van der Waals surface area contributed by atoms with E-state index >= 15 is 0 Å². The van der Waals surface area contributed by atoms with Crippen LogP contribution in [-0.4, -0.2) is 18.1 Å². The number of esters is 1. The van der Waals surface area contributed by atoms with Crippen molar-refractivity contribution in [1.82, 2.24) is 0 Å². The van der Waals surface area contributed by atoms with Gasteiger partial charge in [-0.2, -0.15) is 18.4 Å². The lowest BCUT2D eigenvalue weighted by molar-refractivity contribution is -0.0328. The maximum Gasteiger partial charge on any atom is 0.446 e. The van der Waals surface area contributed by atoms with Gasteiger partial charge in [0.15, 0.2) is 0 Å². The second-order valence-electron chi connectivity index (χ2n) is 3.52. The van der Waals surface area contributed by atoms with Gasteiger partial charge in [-0.1, -0.05) is 0 Å². The Morgan fingerprint density at radius 1 is 1.50 bits per heavy atom. The second kappa shape index (κ2) is 6.86. The highest BCUT2D eigenvalue weighted by molar-refractivity contribution is 8.00. The first-order valence-electron chi connectivity index (χ1n) is 5.38. The Kier molecular flexibility index (Phi) is 5.72. The minimum absolute atomic E-state index is 0.0872. The summed E-state index contributed by atoms with van der Waals surface area (Å²) in [6.07, 6.45) is 0. The molecule has 0 heterocycles. The van der Waals surface area contributed by atoms with Crippen molar-refractivity contribution in [2.45, 2.75) is 23.2 Å². The highest BCUT2D eigenvalue weighted by atomic mass is 35.5. The van der Waals surface area contributed by atoms with Crippen LogP contribution in [0.2, 0.25) is 0 Å². The van der Waals surface area contributed by atoms with Gasteiger partial charge in [0.2, 0.25) is 0 Å². The molecule has 20 heavy (non-hydrogen) atoms. The zero-order chi connectivity index (χ0) is 15.3. The number of carbonyl (C=O) groups excluding carboxylic acids is 1. The monoisotopic (exact) mass is 323 g/mol. The van der Waals surface area contributed by atoms with Crippen molar-refractivity contribution in [3.05, 3.63) is 28.8 Å². The molecule has 0 saturated carbocycles. The van der Waals surface area contributed by atoms with Crippen LogP contribution in [0.3, 0.4) is 0 Å². The molecule has 0 aliphatic rings. The van der Waals surface area contributed by atoms with Gasteiger partial charge in [0.25, 0.3) is 0 Å². The number of ether oxygens (including phenoxy) is 1. The van der Waals surface area contributed by atoms with Crippen molar-refractivity contribution in [3.63, 3.8) is 0 Å². The zero-order valence-corrected chi connectivity index (χ0v) is 11.8. The Morgan fingerprint density at radius 2 is 2.15 bits per heavy atom. The fraction of sp³-hybridized carbons (Fsp3) is 0.333. The quantitative estimate of drug-likeness (QED) is 0.476. The number of rotatable bonds is 4. The van der Waals surface area contributed by atoms with Crippen molar-refractivity contribution in [2.24, 2.45) is 0 Å². The summed E-state index contributed by atoms with van der Waals surface area (Å²) in [5.41, 5.74) is -4.62. The lowest BCUT2D eigenvalue weighted by Crippen LogP contribution is -2.11. The molecule has 1 rings (SSSR count). The molecule has 8 heteroatoms. The highest BCUT2D eigenvalue weighted by Crippen LogP contribution is 2.38. The molecule has 0 spiro atoms. The summed E-state index contributed by atoms with van der Waals surface area (Å²) in [7, 11) is 0. The first kappa shape index (κ1) is 16.7. The van der Waals surface area contributed by atoms with E-state index in [1.54, 1.807) is 13.0 Å². The summed E-state index contributed by atoms with van der Waals surface area (Å²) < 4.78 is 41.8. The van der Waals surface area contributed by atoms with E-state index in [4.69, 9.17) is 21.6 Å². The van der Waals surface area contributed by atoms with E-state index in [1.807, 2.05) is 0 Å².